The Hall–Kier alpha value is -1.71. The second-order valence-electron chi connectivity index (χ2n) is 5.40. The highest BCUT2D eigenvalue weighted by atomic mass is 35.5. The molecule has 5 heteroatoms. The average Bonchev–Trinajstić information content (AvgIpc) is 2.45. The van der Waals surface area contributed by atoms with Gasteiger partial charge in [-0.1, -0.05) is 35.3 Å². The fourth-order valence-electron chi connectivity index (χ4n) is 2.51. The Labute approximate surface area is 139 Å². The van der Waals surface area contributed by atoms with Gasteiger partial charge in [0.05, 0.1) is 0 Å². The van der Waals surface area contributed by atoms with Crippen molar-refractivity contribution in [3.63, 3.8) is 0 Å². The van der Waals surface area contributed by atoms with Gasteiger partial charge in [0, 0.05) is 15.7 Å². The Balaban J connectivity index is 1.73. The lowest BCUT2D eigenvalue weighted by atomic mass is 10.0. The quantitative estimate of drug-likeness (QED) is 0.868. The lowest BCUT2D eigenvalue weighted by Crippen LogP contribution is -2.35. The van der Waals surface area contributed by atoms with Gasteiger partial charge < -0.3 is 10.1 Å². The second-order valence-corrected chi connectivity index (χ2v) is 6.28. The van der Waals surface area contributed by atoms with Crippen molar-refractivity contribution >= 4 is 34.8 Å². The van der Waals surface area contributed by atoms with Crippen LogP contribution in [-0.4, -0.2) is 12.0 Å². The third-order valence-electron chi connectivity index (χ3n) is 3.59. The van der Waals surface area contributed by atoms with Crippen LogP contribution in [0.15, 0.2) is 36.4 Å². The molecule has 0 bridgehead atoms. The van der Waals surface area contributed by atoms with E-state index in [9.17, 15) is 4.79 Å². The molecule has 0 aromatic heterocycles. The highest BCUT2D eigenvalue weighted by Gasteiger charge is 2.26. The third kappa shape index (κ3) is 3.37. The maximum Gasteiger partial charge on any atom is 0.265 e. The summed E-state index contributed by atoms with van der Waals surface area (Å²) in [6.45, 7) is 2.00. The van der Waals surface area contributed by atoms with Gasteiger partial charge >= 0.3 is 0 Å². The zero-order chi connectivity index (χ0) is 15.7. The summed E-state index contributed by atoms with van der Waals surface area (Å²) in [5.74, 6) is 0.598. The van der Waals surface area contributed by atoms with E-state index >= 15 is 0 Å². The van der Waals surface area contributed by atoms with Crippen molar-refractivity contribution in [1.29, 1.82) is 0 Å². The number of benzene rings is 2. The van der Waals surface area contributed by atoms with Crippen LogP contribution in [-0.2, 0) is 11.2 Å². The van der Waals surface area contributed by atoms with Crippen molar-refractivity contribution in [3.8, 4) is 5.75 Å². The average molecular weight is 336 g/mol. The first-order valence-corrected chi connectivity index (χ1v) is 7.80. The minimum Gasteiger partial charge on any atom is -0.480 e. The number of rotatable bonds is 2. The molecule has 1 unspecified atom stereocenters. The number of ether oxygens (including phenoxy) is 1. The van der Waals surface area contributed by atoms with Crippen molar-refractivity contribution in [2.75, 3.05) is 5.32 Å². The summed E-state index contributed by atoms with van der Waals surface area (Å²) in [6.07, 6.45) is 0.965. The van der Waals surface area contributed by atoms with Gasteiger partial charge in [-0.05, 0) is 55.2 Å². The predicted molar refractivity (Wildman–Crippen MR) is 89.0 cm³/mol. The minimum atomic E-state index is -0.507. The van der Waals surface area contributed by atoms with Gasteiger partial charge in [0.2, 0.25) is 0 Å². The monoisotopic (exact) mass is 335 g/mol. The second kappa shape index (κ2) is 6.19. The molecule has 1 heterocycles. The molecule has 0 radical (unpaired) electrons. The Morgan fingerprint density at radius 2 is 1.91 bits per heavy atom. The van der Waals surface area contributed by atoms with Gasteiger partial charge in [0.1, 0.15) is 5.75 Å². The van der Waals surface area contributed by atoms with Crippen molar-refractivity contribution in [3.05, 3.63) is 57.6 Å². The largest absolute Gasteiger partial charge is 0.480 e. The molecule has 0 aliphatic carbocycles. The molecule has 1 amide bonds. The number of aryl methyl sites for hydroxylation is 2. The number of amides is 1. The van der Waals surface area contributed by atoms with E-state index in [1.807, 2.05) is 13.0 Å². The molecule has 3 nitrogen and oxygen atoms in total. The molecule has 114 valence electrons. The fourth-order valence-corrected chi connectivity index (χ4v) is 3.04. The Bertz CT molecular complexity index is 710. The molecule has 3 rings (SSSR count). The van der Waals surface area contributed by atoms with Crippen LogP contribution in [0.4, 0.5) is 5.69 Å². The van der Waals surface area contributed by atoms with Gasteiger partial charge in [-0.25, -0.2) is 0 Å². The van der Waals surface area contributed by atoms with Crippen molar-refractivity contribution < 1.29 is 9.53 Å². The standard InChI is InChI=1S/C17H15Cl2NO2/c1-10-2-3-11-4-5-15(22-16(11)6-10)17(21)20-14-8-12(18)7-13(19)9-14/h2-3,6-9,15H,4-5H2,1H3,(H,20,21). The zero-order valence-corrected chi connectivity index (χ0v) is 13.5. The van der Waals surface area contributed by atoms with Gasteiger partial charge in [0.25, 0.3) is 5.91 Å². The minimum absolute atomic E-state index is 0.189. The van der Waals surface area contributed by atoms with Crippen LogP contribution in [0, 0.1) is 6.92 Å². The molecule has 22 heavy (non-hydrogen) atoms. The van der Waals surface area contributed by atoms with E-state index in [0.29, 0.717) is 22.2 Å². The number of carbonyl (C=O) groups is 1. The fraction of sp³-hybridized carbons (Fsp3) is 0.235. The molecule has 1 atom stereocenters. The molecule has 1 N–H and O–H groups in total. The first-order chi connectivity index (χ1) is 10.5. The van der Waals surface area contributed by atoms with Crippen LogP contribution >= 0.6 is 23.2 Å². The molecule has 0 saturated heterocycles. The van der Waals surface area contributed by atoms with Crippen LogP contribution in [0.2, 0.25) is 10.0 Å². The maximum atomic E-state index is 12.4. The molecule has 2 aromatic carbocycles. The first kappa shape index (κ1) is 15.2. The number of hydrogen-bond acceptors (Lipinski definition) is 2. The summed E-state index contributed by atoms with van der Waals surface area (Å²) < 4.78 is 5.83. The van der Waals surface area contributed by atoms with E-state index in [2.05, 4.69) is 17.4 Å². The van der Waals surface area contributed by atoms with Gasteiger partial charge in [-0.3, -0.25) is 4.79 Å². The van der Waals surface area contributed by atoms with Crippen LogP contribution in [0.25, 0.3) is 0 Å². The van der Waals surface area contributed by atoms with E-state index in [0.717, 1.165) is 23.3 Å². The van der Waals surface area contributed by atoms with Crippen LogP contribution in [0.5, 0.6) is 5.75 Å². The molecular formula is C17H15Cl2NO2. The molecular weight excluding hydrogens is 321 g/mol. The smallest absolute Gasteiger partial charge is 0.265 e. The molecule has 0 spiro atoms. The van der Waals surface area contributed by atoms with E-state index in [1.165, 1.54) is 0 Å². The topological polar surface area (TPSA) is 38.3 Å². The molecule has 2 aromatic rings. The van der Waals surface area contributed by atoms with Gasteiger partial charge in [-0.15, -0.1) is 0 Å². The maximum absolute atomic E-state index is 12.4. The predicted octanol–water partition coefficient (Wildman–Crippen LogP) is 4.63. The summed E-state index contributed by atoms with van der Waals surface area (Å²) in [4.78, 5) is 12.4. The van der Waals surface area contributed by atoms with Crippen LogP contribution in [0.1, 0.15) is 17.5 Å². The SMILES string of the molecule is Cc1ccc2c(c1)OC(C(=O)Nc1cc(Cl)cc(Cl)c1)CC2. The number of anilines is 1. The summed E-state index contributed by atoms with van der Waals surface area (Å²) >= 11 is 11.9. The van der Waals surface area contributed by atoms with E-state index in [-0.39, 0.29) is 5.91 Å². The van der Waals surface area contributed by atoms with E-state index in [4.69, 9.17) is 27.9 Å². The summed E-state index contributed by atoms with van der Waals surface area (Å²) in [5.41, 5.74) is 2.82. The molecule has 0 saturated carbocycles. The number of fused-ring (bicyclic) bond motifs is 1. The van der Waals surface area contributed by atoms with E-state index in [1.54, 1.807) is 18.2 Å². The van der Waals surface area contributed by atoms with Gasteiger partial charge in [-0.2, -0.15) is 0 Å². The Morgan fingerprint density at radius 1 is 1.18 bits per heavy atom. The first-order valence-electron chi connectivity index (χ1n) is 7.04. The number of halogens is 2. The van der Waals surface area contributed by atoms with Crippen molar-refractivity contribution in [2.24, 2.45) is 0 Å². The molecule has 1 aliphatic rings. The normalized spacial score (nSPS) is 16.6. The summed E-state index contributed by atoms with van der Waals surface area (Å²) in [6, 6.07) is 11.0. The molecule has 0 fully saturated rings. The van der Waals surface area contributed by atoms with Crippen molar-refractivity contribution in [1.82, 2.24) is 0 Å². The van der Waals surface area contributed by atoms with E-state index < -0.39 is 6.10 Å². The van der Waals surface area contributed by atoms with Crippen LogP contribution < -0.4 is 10.1 Å². The Morgan fingerprint density at radius 3 is 2.64 bits per heavy atom. The summed E-state index contributed by atoms with van der Waals surface area (Å²) in [7, 11) is 0. The number of nitrogens with one attached hydrogen (secondary N) is 1. The zero-order valence-electron chi connectivity index (χ0n) is 12.0. The highest BCUT2D eigenvalue weighted by Crippen LogP contribution is 2.29. The lowest BCUT2D eigenvalue weighted by Gasteiger charge is -2.25. The van der Waals surface area contributed by atoms with Gasteiger partial charge in [0.15, 0.2) is 6.10 Å². The summed E-state index contributed by atoms with van der Waals surface area (Å²) in [5, 5.41) is 3.77. The van der Waals surface area contributed by atoms with Crippen LogP contribution in [0.3, 0.4) is 0 Å². The lowest BCUT2D eigenvalue weighted by molar-refractivity contribution is -0.123. The third-order valence-corrected chi connectivity index (χ3v) is 4.03. The highest BCUT2D eigenvalue weighted by molar-refractivity contribution is 6.35. The molecule has 1 aliphatic heterocycles. The number of carbonyl (C=O) groups excluding carboxylic acids is 1. The Kier molecular flexibility index (Phi) is 4.27. The number of hydrogen-bond donors (Lipinski definition) is 1. The van der Waals surface area contributed by atoms with Crippen molar-refractivity contribution in [2.45, 2.75) is 25.9 Å².